The first-order chi connectivity index (χ1) is 7.00. The number of benzene rings is 1. The molecule has 15 heavy (non-hydrogen) atoms. The zero-order chi connectivity index (χ0) is 11.4. The highest BCUT2D eigenvalue weighted by molar-refractivity contribution is 7.80. The molecule has 0 radical (unpaired) electrons. The van der Waals surface area contributed by atoms with Gasteiger partial charge < -0.3 is 10.6 Å². The van der Waals surface area contributed by atoms with Crippen molar-refractivity contribution < 1.29 is 0 Å². The molecule has 1 aromatic rings. The van der Waals surface area contributed by atoms with Gasteiger partial charge in [-0.1, -0.05) is 29.3 Å². The molecule has 0 heterocycles. The molecule has 0 spiro atoms. The van der Waals surface area contributed by atoms with Crippen molar-refractivity contribution in [3.63, 3.8) is 0 Å². The van der Waals surface area contributed by atoms with E-state index in [4.69, 9.17) is 35.4 Å². The third-order valence-corrected chi connectivity index (χ3v) is 2.66. The van der Waals surface area contributed by atoms with E-state index in [1.54, 1.807) is 6.07 Å². The molecule has 0 bridgehead atoms. The molecule has 0 aliphatic rings. The zero-order valence-corrected chi connectivity index (χ0v) is 10.8. The van der Waals surface area contributed by atoms with E-state index in [1.807, 2.05) is 26.0 Å². The number of hydrogen-bond acceptors (Lipinski definition) is 1. The van der Waals surface area contributed by atoms with Gasteiger partial charge in [0.1, 0.15) is 0 Å². The molecule has 0 saturated heterocycles. The van der Waals surface area contributed by atoms with E-state index in [0.29, 0.717) is 20.8 Å². The van der Waals surface area contributed by atoms with Crippen LogP contribution in [0.5, 0.6) is 0 Å². The van der Waals surface area contributed by atoms with Gasteiger partial charge in [0.2, 0.25) is 0 Å². The Hall–Kier alpha value is -0.510. The Labute approximate surface area is 105 Å². The van der Waals surface area contributed by atoms with Crippen molar-refractivity contribution in [2.24, 2.45) is 0 Å². The lowest BCUT2D eigenvalue weighted by Crippen LogP contribution is -2.33. The van der Waals surface area contributed by atoms with Gasteiger partial charge in [0.15, 0.2) is 5.11 Å². The molecule has 1 aromatic carbocycles. The Kier molecular flexibility index (Phi) is 4.64. The lowest BCUT2D eigenvalue weighted by molar-refractivity contribution is 0.739. The van der Waals surface area contributed by atoms with Crippen molar-refractivity contribution in [2.45, 2.75) is 19.9 Å². The molecule has 0 atom stereocenters. The average Bonchev–Trinajstić information content (AvgIpc) is 2.11. The highest BCUT2D eigenvalue weighted by Gasteiger charge is 2.05. The molecular weight excluding hydrogens is 251 g/mol. The van der Waals surface area contributed by atoms with Crippen LogP contribution < -0.4 is 10.6 Å². The second-order valence-corrected chi connectivity index (χ2v) is 4.55. The number of halogens is 2. The van der Waals surface area contributed by atoms with Crippen molar-refractivity contribution in [1.29, 1.82) is 0 Å². The largest absolute Gasteiger partial charge is 0.360 e. The molecule has 0 aliphatic carbocycles. The summed E-state index contributed by atoms with van der Waals surface area (Å²) in [5.74, 6) is 0. The fourth-order valence-electron chi connectivity index (χ4n) is 1.02. The highest BCUT2D eigenvalue weighted by atomic mass is 35.5. The van der Waals surface area contributed by atoms with E-state index >= 15 is 0 Å². The van der Waals surface area contributed by atoms with E-state index in [9.17, 15) is 0 Å². The Balaban J connectivity index is 2.73. The monoisotopic (exact) mass is 262 g/mol. The summed E-state index contributed by atoms with van der Waals surface area (Å²) < 4.78 is 0. The topological polar surface area (TPSA) is 24.1 Å². The van der Waals surface area contributed by atoms with Gasteiger partial charge >= 0.3 is 0 Å². The summed E-state index contributed by atoms with van der Waals surface area (Å²) in [6, 6.07) is 5.65. The first-order valence-electron chi connectivity index (χ1n) is 4.52. The quantitative estimate of drug-likeness (QED) is 0.796. The SMILES string of the molecule is CC(C)NC(=S)Nc1cccc(Cl)c1Cl. The van der Waals surface area contributed by atoms with Crippen molar-refractivity contribution >= 4 is 46.2 Å². The third-order valence-electron chi connectivity index (χ3n) is 1.62. The van der Waals surface area contributed by atoms with Crippen molar-refractivity contribution in [3.8, 4) is 0 Å². The van der Waals surface area contributed by atoms with Crippen LogP contribution in [-0.2, 0) is 0 Å². The van der Waals surface area contributed by atoms with Crippen LogP contribution in [0.2, 0.25) is 10.0 Å². The van der Waals surface area contributed by atoms with Gasteiger partial charge in [-0.15, -0.1) is 0 Å². The maximum atomic E-state index is 5.99. The van der Waals surface area contributed by atoms with E-state index in [-0.39, 0.29) is 6.04 Å². The highest BCUT2D eigenvalue weighted by Crippen LogP contribution is 2.29. The van der Waals surface area contributed by atoms with Gasteiger partial charge in [0.05, 0.1) is 15.7 Å². The minimum atomic E-state index is 0.281. The number of thiocarbonyl (C=S) groups is 1. The Morgan fingerprint density at radius 1 is 1.33 bits per heavy atom. The van der Waals surface area contributed by atoms with Crippen LogP contribution in [0.4, 0.5) is 5.69 Å². The summed E-state index contributed by atoms with van der Waals surface area (Å²) in [6.07, 6.45) is 0. The lowest BCUT2D eigenvalue weighted by Gasteiger charge is -2.14. The molecular formula is C10H12Cl2N2S. The zero-order valence-electron chi connectivity index (χ0n) is 8.47. The van der Waals surface area contributed by atoms with Crippen LogP contribution in [0.1, 0.15) is 13.8 Å². The smallest absolute Gasteiger partial charge is 0.171 e. The predicted molar refractivity (Wildman–Crippen MR) is 71.0 cm³/mol. The van der Waals surface area contributed by atoms with Crippen molar-refractivity contribution in [2.75, 3.05) is 5.32 Å². The summed E-state index contributed by atoms with van der Waals surface area (Å²) in [4.78, 5) is 0. The first-order valence-corrected chi connectivity index (χ1v) is 5.68. The van der Waals surface area contributed by atoms with E-state index in [0.717, 1.165) is 0 Å². The van der Waals surface area contributed by atoms with Crippen LogP contribution in [0.15, 0.2) is 18.2 Å². The van der Waals surface area contributed by atoms with Crippen LogP contribution in [-0.4, -0.2) is 11.2 Å². The molecule has 0 amide bonds. The Morgan fingerprint density at radius 3 is 2.60 bits per heavy atom. The van der Waals surface area contributed by atoms with Gasteiger partial charge in [0.25, 0.3) is 0 Å². The summed E-state index contributed by atoms with van der Waals surface area (Å²) in [5.41, 5.74) is 0.710. The van der Waals surface area contributed by atoms with Gasteiger partial charge in [0, 0.05) is 6.04 Å². The number of rotatable bonds is 2. The maximum absolute atomic E-state index is 5.99. The summed E-state index contributed by atoms with van der Waals surface area (Å²) in [5, 5.41) is 7.57. The minimum Gasteiger partial charge on any atom is -0.360 e. The second-order valence-electron chi connectivity index (χ2n) is 3.35. The fourth-order valence-corrected chi connectivity index (χ4v) is 1.71. The van der Waals surface area contributed by atoms with Crippen LogP contribution in [0, 0.1) is 0 Å². The van der Waals surface area contributed by atoms with Gasteiger partial charge in [-0.2, -0.15) is 0 Å². The van der Waals surface area contributed by atoms with E-state index in [2.05, 4.69) is 10.6 Å². The average molecular weight is 263 g/mol. The molecule has 5 heteroatoms. The third kappa shape index (κ3) is 3.86. The summed E-state index contributed by atoms with van der Waals surface area (Å²) in [7, 11) is 0. The Bertz CT molecular complexity index is 366. The predicted octanol–water partition coefficient (Wildman–Crippen LogP) is 3.69. The lowest BCUT2D eigenvalue weighted by atomic mass is 10.3. The van der Waals surface area contributed by atoms with Gasteiger partial charge in [-0.25, -0.2) is 0 Å². The molecule has 82 valence electrons. The normalized spacial score (nSPS) is 10.2. The number of nitrogens with one attached hydrogen (secondary N) is 2. The number of hydrogen-bond donors (Lipinski definition) is 2. The van der Waals surface area contributed by atoms with Gasteiger partial charge in [-0.05, 0) is 38.2 Å². The summed E-state index contributed by atoms with van der Waals surface area (Å²) in [6.45, 7) is 4.01. The van der Waals surface area contributed by atoms with Crippen LogP contribution >= 0.6 is 35.4 Å². The number of anilines is 1. The molecule has 1 rings (SSSR count). The van der Waals surface area contributed by atoms with Gasteiger partial charge in [-0.3, -0.25) is 0 Å². The summed E-state index contributed by atoms with van der Waals surface area (Å²) >= 11 is 17.0. The second kappa shape index (κ2) is 5.54. The first kappa shape index (κ1) is 12.6. The Morgan fingerprint density at radius 2 is 2.00 bits per heavy atom. The molecule has 2 nitrogen and oxygen atoms in total. The standard InChI is InChI=1S/C10H12Cl2N2S/c1-6(2)13-10(15)14-8-5-3-4-7(11)9(8)12/h3-6H,1-2H3,(H2,13,14,15). The molecule has 2 N–H and O–H groups in total. The van der Waals surface area contributed by atoms with Crippen molar-refractivity contribution in [1.82, 2.24) is 5.32 Å². The molecule has 0 aliphatic heterocycles. The van der Waals surface area contributed by atoms with Crippen molar-refractivity contribution in [3.05, 3.63) is 28.2 Å². The van der Waals surface area contributed by atoms with E-state index in [1.165, 1.54) is 0 Å². The molecule has 0 aromatic heterocycles. The van der Waals surface area contributed by atoms with E-state index < -0.39 is 0 Å². The fraction of sp³-hybridized carbons (Fsp3) is 0.300. The van der Waals surface area contributed by atoms with Crippen LogP contribution in [0.3, 0.4) is 0 Å². The van der Waals surface area contributed by atoms with Crippen LogP contribution in [0.25, 0.3) is 0 Å². The molecule has 0 unspecified atom stereocenters. The molecule has 0 fully saturated rings. The molecule has 0 saturated carbocycles. The minimum absolute atomic E-state index is 0.281. The maximum Gasteiger partial charge on any atom is 0.171 e.